The lowest BCUT2D eigenvalue weighted by Gasteiger charge is -2.19. The summed E-state index contributed by atoms with van der Waals surface area (Å²) < 4.78 is 6.38. The van der Waals surface area contributed by atoms with Crippen LogP contribution in [0.4, 0.5) is 5.69 Å². The highest BCUT2D eigenvalue weighted by Gasteiger charge is 2.58. The number of pyridine rings is 1. The minimum atomic E-state index is -0.817. The van der Waals surface area contributed by atoms with Crippen LogP contribution in [0.15, 0.2) is 67.3 Å². The second kappa shape index (κ2) is 9.18. The van der Waals surface area contributed by atoms with Gasteiger partial charge in [0.1, 0.15) is 11.3 Å². The number of rotatable bonds is 8. The van der Waals surface area contributed by atoms with Crippen molar-refractivity contribution in [1.82, 2.24) is 10.3 Å². The van der Waals surface area contributed by atoms with Gasteiger partial charge in [-0.3, -0.25) is 19.7 Å². The molecule has 2 fully saturated rings. The van der Waals surface area contributed by atoms with Gasteiger partial charge in [-0.25, -0.2) is 4.98 Å². The van der Waals surface area contributed by atoms with Gasteiger partial charge < -0.3 is 10.1 Å². The lowest BCUT2D eigenvalue weighted by Crippen LogP contribution is -2.46. The van der Waals surface area contributed by atoms with Crippen LogP contribution in [0.2, 0.25) is 0 Å². The van der Waals surface area contributed by atoms with Gasteiger partial charge in [-0.05, 0) is 38.7 Å². The summed E-state index contributed by atoms with van der Waals surface area (Å²) in [6, 6.07) is 16.0. The first-order valence-electron chi connectivity index (χ1n) is 12.1. The molecule has 5 rings (SSSR count). The monoisotopic (exact) mass is 485 g/mol. The Labute approximate surface area is 208 Å². The third-order valence-corrected chi connectivity index (χ3v) is 7.36. The maximum Gasteiger partial charge on any atom is 0.270 e. The number of benzene rings is 2. The van der Waals surface area contributed by atoms with Crippen molar-refractivity contribution in [3.8, 4) is 17.0 Å². The van der Waals surface area contributed by atoms with Crippen molar-refractivity contribution in [3.05, 3.63) is 77.4 Å². The molecule has 0 aliphatic heterocycles. The van der Waals surface area contributed by atoms with E-state index in [2.05, 4.69) is 11.9 Å². The molecule has 184 valence electrons. The fraction of sp³-hybridized carbons (Fsp3) is 0.321. The van der Waals surface area contributed by atoms with Gasteiger partial charge in [0.05, 0.1) is 22.2 Å². The number of fused-ring (bicyclic) bond motifs is 1. The van der Waals surface area contributed by atoms with Gasteiger partial charge in [-0.2, -0.15) is 0 Å². The van der Waals surface area contributed by atoms with Crippen molar-refractivity contribution in [3.63, 3.8) is 0 Å². The average Bonchev–Trinajstić information content (AvgIpc) is 3.40. The number of ketones is 1. The quantitative estimate of drug-likeness (QED) is 0.273. The van der Waals surface area contributed by atoms with Gasteiger partial charge in [0.15, 0.2) is 5.78 Å². The van der Waals surface area contributed by atoms with E-state index in [1.807, 2.05) is 30.3 Å². The van der Waals surface area contributed by atoms with Crippen LogP contribution in [0.25, 0.3) is 22.2 Å². The SMILES string of the molecule is C=CC1C[C@]1(NC(=O)[C@H]1CCC(Oc2cc(-c3ccccc3)nc3ccc([N+](=O)[O-])cc23)C1)C(C)=O. The van der Waals surface area contributed by atoms with E-state index < -0.39 is 10.5 Å². The minimum absolute atomic E-state index is 0.0252. The number of ether oxygens (including phenoxy) is 1. The number of carbonyl (C=O) groups excluding carboxylic acids is 2. The topological polar surface area (TPSA) is 111 Å². The van der Waals surface area contributed by atoms with Gasteiger partial charge in [0.2, 0.25) is 5.91 Å². The van der Waals surface area contributed by atoms with Crippen LogP contribution in [0.5, 0.6) is 5.75 Å². The Hall–Kier alpha value is -4.07. The van der Waals surface area contributed by atoms with Gasteiger partial charge in [0.25, 0.3) is 5.69 Å². The lowest BCUT2D eigenvalue weighted by atomic mass is 10.0. The molecule has 2 aliphatic carbocycles. The first kappa shape index (κ1) is 23.7. The second-order valence-electron chi connectivity index (χ2n) is 9.64. The highest BCUT2D eigenvalue weighted by atomic mass is 16.6. The summed E-state index contributed by atoms with van der Waals surface area (Å²) in [5, 5.41) is 14.9. The van der Waals surface area contributed by atoms with Crippen molar-refractivity contribution in [2.24, 2.45) is 11.8 Å². The summed E-state index contributed by atoms with van der Waals surface area (Å²) in [4.78, 5) is 40.8. The molecule has 0 saturated heterocycles. The molecule has 2 saturated carbocycles. The molecule has 1 N–H and O–H groups in total. The number of hydrogen-bond donors (Lipinski definition) is 1. The molecule has 3 aromatic rings. The third-order valence-electron chi connectivity index (χ3n) is 7.36. The Morgan fingerprint density at radius 3 is 2.64 bits per heavy atom. The molecule has 1 aromatic heterocycles. The molecule has 0 radical (unpaired) electrons. The van der Waals surface area contributed by atoms with Crippen LogP contribution in [-0.2, 0) is 9.59 Å². The van der Waals surface area contributed by atoms with E-state index in [9.17, 15) is 19.7 Å². The highest BCUT2D eigenvalue weighted by molar-refractivity contribution is 5.95. The molecular formula is C28H27N3O5. The number of non-ortho nitro benzene ring substituents is 1. The molecule has 8 heteroatoms. The molecule has 0 spiro atoms. The number of aromatic nitrogens is 1. The number of nitro benzene ring substituents is 1. The van der Waals surface area contributed by atoms with E-state index in [1.54, 1.807) is 18.2 Å². The van der Waals surface area contributed by atoms with Crippen molar-refractivity contribution in [2.75, 3.05) is 0 Å². The second-order valence-corrected chi connectivity index (χ2v) is 9.64. The third kappa shape index (κ3) is 4.34. The number of nitrogens with zero attached hydrogens (tertiary/aromatic N) is 2. The number of hydrogen-bond acceptors (Lipinski definition) is 6. The highest BCUT2D eigenvalue weighted by Crippen LogP contribution is 2.46. The molecular weight excluding hydrogens is 458 g/mol. The van der Waals surface area contributed by atoms with Gasteiger partial charge in [-0.15, -0.1) is 6.58 Å². The number of carbonyl (C=O) groups is 2. The van der Waals surface area contributed by atoms with Gasteiger partial charge in [-0.1, -0.05) is 36.4 Å². The predicted molar refractivity (Wildman–Crippen MR) is 135 cm³/mol. The number of nitrogens with one attached hydrogen (secondary N) is 1. The molecule has 2 unspecified atom stereocenters. The van der Waals surface area contributed by atoms with Crippen LogP contribution in [0, 0.1) is 22.0 Å². The zero-order valence-electron chi connectivity index (χ0n) is 20.0. The molecule has 2 aliphatic rings. The zero-order chi connectivity index (χ0) is 25.4. The smallest absolute Gasteiger partial charge is 0.270 e. The summed E-state index contributed by atoms with van der Waals surface area (Å²) in [5.74, 6) is 0.0181. The zero-order valence-corrected chi connectivity index (χ0v) is 20.0. The van der Waals surface area contributed by atoms with Gasteiger partial charge in [0, 0.05) is 41.0 Å². The Morgan fingerprint density at radius 1 is 1.19 bits per heavy atom. The number of nitro groups is 1. The van der Waals surface area contributed by atoms with Crippen molar-refractivity contribution >= 4 is 28.3 Å². The fourth-order valence-corrected chi connectivity index (χ4v) is 5.15. The minimum Gasteiger partial charge on any atom is -0.490 e. The van der Waals surface area contributed by atoms with Gasteiger partial charge >= 0.3 is 0 Å². The van der Waals surface area contributed by atoms with E-state index >= 15 is 0 Å². The molecule has 1 amide bonds. The van der Waals surface area contributed by atoms with E-state index in [4.69, 9.17) is 9.72 Å². The van der Waals surface area contributed by atoms with Crippen LogP contribution in [0.3, 0.4) is 0 Å². The van der Waals surface area contributed by atoms with E-state index in [0.717, 1.165) is 5.56 Å². The Kier molecular flexibility index (Phi) is 6.04. The lowest BCUT2D eigenvalue weighted by molar-refractivity contribution is -0.384. The summed E-state index contributed by atoms with van der Waals surface area (Å²) in [5.41, 5.74) is 1.34. The fourth-order valence-electron chi connectivity index (χ4n) is 5.15. The van der Waals surface area contributed by atoms with Crippen LogP contribution < -0.4 is 10.1 Å². The maximum absolute atomic E-state index is 13.0. The van der Waals surface area contributed by atoms with Crippen LogP contribution >= 0.6 is 0 Å². The Bertz CT molecular complexity index is 1370. The summed E-state index contributed by atoms with van der Waals surface area (Å²) in [6.45, 7) is 5.27. The standard InChI is InChI=1S/C28H27N3O5/c1-3-20-16-28(20,17(2)32)30-27(33)19-9-11-22(13-19)36-26-15-25(18-7-5-4-6-8-18)29-24-12-10-21(31(34)35)14-23(24)26/h3-8,10,12,14-15,19-20,22H,1,9,11,13,16H2,2H3,(H,30,33)/t19-,20?,22?,28-/m0/s1. The number of amides is 1. The van der Waals surface area contributed by atoms with Crippen molar-refractivity contribution < 1.29 is 19.2 Å². The molecule has 2 aromatic carbocycles. The largest absolute Gasteiger partial charge is 0.490 e. The van der Waals surface area contributed by atoms with E-state index in [1.165, 1.54) is 19.1 Å². The normalized spacial score (nSPS) is 24.8. The predicted octanol–water partition coefficient (Wildman–Crippen LogP) is 5.01. The average molecular weight is 486 g/mol. The van der Waals surface area contributed by atoms with Crippen molar-refractivity contribution in [2.45, 2.75) is 44.2 Å². The first-order valence-corrected chi connectivity index (χ1v) is 12.1. The Morgan fingerprint density at radius 2 is 1.97 bits per heavy atom. The van der Waals surface area contributed by atoms with Crippen LogP contribution in [0.1, 0.15) is 32.6 Å². The molecule has 0 bridgehead atoms. The van der Waals surface area contributed by atoms with E-state index in [0.29, 0.717) is 48.0 Å². The summed E-state index contributed by atoms with van der Waals surface area (Å²) in [6.07, 6.45) is 3.87. The van der Waals surface area contributed by atoms with E-state index in [-0.39, 0.29) is 35.3 Å². The molecule has 8 nitrogen and oxygen atoms in total. The van der Waals surface area contributed by atoms with Crippen LogP contribution in [-0.4, -0.2) is 33.2 Å². The number of Topliss-reactive ketones (excluding diaryl/α,β-unsaturated/α-hetero) is 1. The Balaban J connectivity index is 1.39. The summed E-state index contributed by atoms with van der Waals surface area (Å²) >= 11 is 0. The molecule has 1 heterocycles. The maximum atomic E-state index is 13.0. The molecule has 36 heavy (non-hydrogen) atoms. The molecule has 4 atom stereocenters. The van der Waals surface area contributed by atoms with Crippen molar-refractivity contribution in [1.29, 1.82) is 0 Å². The first-order chi connectivity index (χ1) is 17.3. The summed E-state index contributed by atoms with van der Waals surface area (Å²) in [7, 11) is 0.